The molecule has 2 nitrogen and oxygen atoms in total. The van der Waals surface area contributed by atoms with E-state index >= 15 is 0 Å². The number of carbonyl (C=O) groups excluding carboxylic acids is 1. The fourth-order valence-electron chi connectivity index (χ4n) is 2.90. The number of ketones is 1. The van der Waals surface area contributed by atoms with E-state index in [4.69, 9.17) is 0 Å². The summed E-state index contributed by atoms with van der Waals surface area (Å²) in [5, 5.41) is 0. The van der Waals surface area contributed by atoms with Gasteiger partial charge < -0.3 is 4.90 Å². The Hall–Kier alpha value is -1.31. The zero-order valence-corrected chi connectivity index (χ0v) is 13.3. The molecule has 0 aromatic heterocycles. The zero-order chi connectivity index (χ0) is 14.8. The van der Waals surface area contributed by atoms with Crippen molar-refractivity contribution in [2.75, 3.05) is 18.5 Å². The minimum atomic E-state index is 0.191. The molecular formula is C18H27NO. The average molecular weight is 273 g/mol. The van der Waals surface area contributed by atoms with Gasteiger partial charge in [-0.2, -0.15) is 0 Å². The Kier molecular flexibility index (Phi) is 4.52. The number of anilines is 1. The highest BCUT2D eigenvalue weighted by atomic mass is 16.1. The van der Waals surface area contributed by atoms with Crippen molar-refractivity contribution in [1.29, 1.82) is 0 Å². The highest BCUT2D eigenvalue weighted by molar-refractivity contribution is 5.82. The summed E-state index contributed by atoms with van der Waals surface area (Å²) in [6.07, 6.45) is 4.12. The van der Waals surface area contributed by atoms with Gasteiger partial charge in [0.1, 0.15) is 5.78 Å². The summed E-state index contributed by atoms with van der Waals surface area (Å²) in [7, 11) is 2.09. The highest BCUT2D eigenvalue weighted by Gasteiger charge is 2.23. The number of nitrogens with zero attached hydrogens (tertiary/aromatic N) is 1. The van der Waals surface area contributed by atoms with E-state index in [-0.39, 0.29) is 11.3 Å². The van der Waals surface area contributed by atoms with Crippen molar-refractivity contribution in [3.05, 3.63) is 29.8 Å². The molecule has 0 heterocycles. The second-order valence-electron chi connectivity index (χ2n) is 7.09. The maximum atomic E-state index is 11.9. The Morgan fingerprint density at radius 1 is 1.15 bits per heavy atom. The van der Waals surface area contributed by atoms with Crippen molar-refractivity contribution in [3.8, 4) is 0 Å². The minimum Gasteiger partial charge on any atom is -0.374 e. The second kappa shape index (κ2) is 5.99. The number of rotatable bonds is 3. The van der Waals surface area contributed by atoms with Crippen molar-refractivity contribution < 1.29 is 4.79 Å². The van der Waals surface area contributed by atoms with Crippen LogP contribution in [0.5, 0.6) is 0 Å². The molecule has 0 spiro atoms. The SMILES string of the molecule is CN(CC1CCCCC1=O)c1ccc(C(C)(C)C)cc1. The lowest BCUT2D eigenvalue weighted by atomic mass is 9.86. The van der Waals surface area contributed by atoms with Crippen LogP contribution in [-0.4, -0.2) is 19.4 Å². The lowest BCUT2D eigenvalue weighted by Gasteiger charge is -2.28. The van der Waals surface area contributed by atoms with Gasteiger partial charge in [-0.3, -0.25) is 4.79 Å². The van der Waals surface area contributed by atoms with Gasteiger partial charge in [-0.25, -0.2) is 0 Å². The zero-order valence-electron chi connectivity index (χ0n) is 13.3. The minimum absolute atomic E-state index is 0.191. The molecule has 0 radical (unpaired) electrons. The van der Waals surface area contributed by atoms with Gasteiger partial charge >= 0.3 is 0 Å². The van der Waals surface area contributed by atoms with E-state index in [2.05, 4.69) is 57.0 Å². The van der Waals surface area contributed by atoms with Crippen molar-refractivity contribution in [1.82, 2.24) is 0 Å². The van der Waals surface area contributed by atoms with Gasteiger partial charge in [-0.15, -0.1) is 0 Å². The van der Waals surface area contributed by atoms with Crippen molar-refractivity contribution in [3.63, 3.8) is 0 Å². The third-order valence-electron chi connectivity index (χ3n) is 4.35. The molecule has 1 saturated carbocycles. The molecule has 2 heteroatoms. The maximum absolute atomic E-state index is 11.9. The normalized spacial score (nSPS) is 20.0. The van der Waals surface area contributed by atoms with E-state index in [1.54, 1.807) is 0 Å². The van der Waals surface area contributed by atoms with E-state index < -0.39 is 0 Å². The molecular weight excluding hydrogens is 246 g/mol. The van der Waals surface area contributed by atoms with E-state index in [0.29, 0.717) is 5.78 Å². The van der Waals surface area contributed by atoms with Gasteiger partial charge in [0.15, 0.2) is 0 Å². The number of hydrogen-bond acceptors (Lipinski definition) is 2. The molecule has 1 fully saturated rings. The first kappa shape index (κ1) is 15.1. The van der Waals surface area contributed by atoms with Crippen LogP contribution in [0.25, 0.3) is 0 Å². The average Bonchev–Trinajstić information content (AvgIpc) is 2.40. The molecule has 0 amide bonds. The fraction of sp³-hybridized carbons (Fsp3) is 0.611. The first-order valence-electron chi connectivity index (χ1n) is 7.72. The number of carbonyl (C=O) groups is 1. The molecule has 1 unspecified atom stereocenters. The summed E-state index contributed by atoms with van der Waals surface area (Å²) in [5.74, 6) is 0.686. The third-order valence-corrected chi connectivity index (χ3v) is 4.35. The van der Waals surface area contributed by atoms with Crippen molar-refractivity contribution >= 4 is 11.5 Å². The van der Waals surface area contributed by atoms with E-state index in [0.717, 1.165) is 25.8 Å². The molecule has 110 valence electrons. The Balaban J connectivity index is 2.02. The molecule has 1 aromatic rings. The fourth-order valence-corrected chi connectivity index (χ4v) is 2.90. The number of benzene rings is 1. The summed E-state index contributed by atoms with van der Waals surface area (Å²) in [5.41, 5.74) is 2.75. The van der Waals surface area contributed by atoms with Gasteiger partial charge in [-0.1, -0.05) is 39.3 Å². The molecule has 0 N–H and O–H groups in total. The van der Waals surface area contributed by atoms with Crippen LogP contribution in [0.15, 0.2) is 24.3 Å². The van der Waals surface area contributed by atoms with Crippen molar-refractivity contribution in [2.24, 2.45) is 5.92 Å². The third kappa shape index (κ3) is 3.62. The summed E-state index contributed by atoms with van der Waals surface area (Å²) in [6.45, 7) is 7.54. The molecule has 1 aliphatic rings. The van der Waals surface area contributed by atoms with Crippen LogP contribution in [0.2, 0.25) is 0 Å². The van der Waals surface area contributed by atoms with Crippen LogP contribution in [0.1, 0.15) is 52.0 Å². The highest BCUT2D eigenvalue weighted by Crippen LogP contribution is 2.26. The van der Waals surface area contributed by atoms with Crippen LogP contribution in [-0.2, 0) is 10.2 Å². The first-order valence-corrected chi connectivity index (χ1v) is 7.72. The van der Waals surface area contributed by atoms with Crippen LogP contribution in [0.3, 0.4) is 0 Å². The molecule has 2 rings (SSSR count). The Morgan fingerprint density at radius 3 is 2.35 bits per heavy atom. The standard InChI is InChI=1S/C18H27NO/c1-18(2,3)15-9-11-16(12-10-15)19(4)13-14-7-5-6-8-17(14)20/h9-12,14H,5-8,13H2,1-4H3. The predicted octanol–water partition coefficient (Wildman–Crippen LogP) is 4.18. The topological polar surface area (TPSA) is 20.3 Å². The largest absolute Gasteiger partial charge is 0.374 e. The first-order chi connectivity index (χ1) is 9.38. The Labute approximate surface area is 123 Å². The molecule has 1 atom stereocenters. The van der Waals surface area contributed by atoms with Crippen LogP contribution in [0, 0.1) is 5.92 Å². The molecule has 1 aromatic carbocycles. The van der Waals surface area contributed by atoms with Gasteiger partial charge in [-0.05, 0) is 36.0 Å². The van der Waals surface area contributed by atoms with Crippen LogP contribution < -0.4 is 4.90 Å². The van der Waals surface area contributed by atoms with Gasteiger partial charge in [0, 0.05) is 31.6 Å². The Morgan fingerprint density at radius 2 is 1.80 bits per heavy atom. The van der Waals surface area contributed by atoms with E-state index in [9.17, 15) is 4.79 Å². The van der Waals surface area contributed by atoms with E-state index in [1.165, 1.54) is 17.7 Å². The van der Waals surface area contributed by atoms with Crippen LogP contribution >= 0.6 is 0 Å². The molecule has 20 heavy (non-hydrogen) atoms. The summed E-state index contributed by atoms with van der Waals surface area (Å²) >= 11 is 0. The molecule has 1 aliphatic carbocycles. The maximum Gasteiger partial charge on any atom is 0.137 e. The van der Waals surface area contributed by atoms with Gasteiger partial charge in [0.05, 0.1) is 0 Å². The quantitative estimate of drug-likeness (QED) is 0.823. The Bertz CT molecular complexity index is 455. The van der Waals surface area contributed by atoms with Gasteiger partial charge in [0.25, 0.3) is 0 Å². The van der Waals surface area contributed by atoms with E-state index in [1.807, 2.05) is 0 Å². The second-order valence-corrected chi connectivity index (χ2v) is 7.09. The predicted molar refractivity (Wildman–Crippen MR) is 85.4 cm³/mol. The lowest BCUT2D eigenvalue weighted by molar-refractivity contribution is -0.124. The number of Topliss-reactive ketones (excluding diaryl/α,β-unsaturated/α-hetero) is 1. The molecule has 0 saturated heterocycles. The molecule has 0 aliphatic heterocycles. The summed E-state index contributed by atoms with van der Waals surface area (Å²) < 4.78 is 0. The molecule has 0 bridgehead atoms. The lowest BCUT2D eigenvalue weighted by Crippen LogP contribution is -2.32. The summed E-state index contributed by atoms with van der Waals surface area (Å²) in [4.78, 5) is 14.1. The van der Waals surface area contributed by atoms with Crippen LogP contribution in [0.4, 0.5) is 5.69 Å². The van der Waals surface area contributed by atoms with Gasteiger partial charge in [0.2, 0.25) is 0 Å². The smallest absolute Gasteiger partial charge is 0.137 e. The number of hydrogen-bond donors (Lipinski definition) is 0. The van der Waals surface area contributed by atoms with Crippen molar-refractivity contribution in [2.45, 2.75) is 51.9 Å². The summed E-state index contributed by atoms with van der Waals surface area (Å²) in [6, 6.07) is 8.75. The monoisotopic (exact) mass is 273 g/mol.